The van der Waals surface area contributed by atoms with Crippen LogP contribution in [0.25, 0.3) is 0 Å². The topological polar surface area (TPSA) is 72.9 Å². The maximum atomic E-state index is 12.1. The lowest BCUT2D eigenvalue weighted by Gasteiger charge is -2.33. The summed E-state index contributed by atoms with van der Waals surface area (Å²) in [6.07, 6.45) is 4.47. The first-order valence-corrected chi connectivity index (χ1v) is 7.58. The Hall–Kier alpha value is -1.14. The van der Waals surface area contributed by atoms with Crippen molar-refractivity contribution >= 4 is 11.9 Å². The van der Waals surface area contributed by atoms with E-state index in [1.54, 1.807) is 0 Å². The van der Waals surface area contributed by atoms with Gasteiger partial charge in [-0.05, 0) is 44.7 Å². The molecule has 1 unspecified atom stereocenters. The van der Waals surface area contributed by atoms with Gasteiger partial charge in [0.25, 0.3) is 0 Å². The van der Waals surface area contributed by atoms with Crippen LogP contribution in [0.4, 0.5) is 0 Å². The Balaban J connectivity index is 1.69. The van der Waals surface area contributed by atoms with E-state index in [1.165, 1.54) is 0 Å². The fraction of sp³-hybridized carbons (Fsp3) is 0.857. The number of carbonyl (C=O) groups excluding carboxylic acids is 1. The number of piperidine rings is 1. The Labute approximate surface area is 120 Å². The lowest BCUT2D eigenvalue weighted by atomic mass is 9.98. The van der Waals surface area contributed by atoms with Crippen LogP contribution in [-0.4, -0.2) is 72.6 Å². The second kappa shape index (κ2) is 7.59. The Bertz CT molecular complexity index is 343. The summed E-state index contributed by atoms with van der Waals surface area (Å²) in [4.78, 5) is 26.8. The molecule has 0 aromatic heterocycles. The van der Waals surface area contributed by atoms with Gasteiger partial charge in [-0.1, -0.05) is 0 Å². The zero-order valence-corrected chi connectivity index (χ0v) is 12.0. The van der Waals surface area contributed by atoms with E-state index in [4.69, 9.17) is 5.11 Å². The Morgan fingerprint density at radius 2 is 1.90 bits per heavy atom. The molecule has 6 heteroatoms. The van der Waals surface area contributed by atoms with Crippen molar-refractivity contribution in [3.8, 4) is 0 Å². The maximum absolute atomic E-state index is 12.1. The summed E-state index contributed by atoms with van der Waals surface area (Å²) in [5.41, 5.74) is 0. The fourth-order valence-electron chi connectivity index (χ4n) is 3.10. The molecule has 0 saturated carbocycles. The molecule has 2 fully saturated rings. The standard InChI is InChI=1S/C14H25N3O3/c18-13(17-6-1-2-7-17)11-16-5-3-4-12(10-16)8-15-9-14(19)20/h12,15H,1-11H2,(H,19,20). The quantitative estimate of drug-likeness (QED) is 0.717. The minimum absolute atomic E-state index is 0.0171. The van der Waals surface area contributed by atoms with E-state index >= 15 is 0 Å². The van der Waals surface area contributed by atoms with Crippen LogP contribution in [0.15, 0.2) is 0 Å². The molecular formula is C14H25N3O3. The van der Waals surface area contributed by atoms with Crippen molar-refractivity contribution in [2.75, 3.05) is 45.8 Å². The molecule has 2 saturated heterocycles. The summed E-state index contributed by atoms with van der Waals surface area (Å²) in [6.45, 7) is 4.97. The highest BCUT2D eigenvalue weighted by atomic mass is 16.4. The Kier molecular flexibility index (Phi) is 5.79. The number of nitrogens with zero attached hydrogens (tertiary/aromatic N) is 2. The number of nitrogens with one attached hydrogen (secondary N) is 1. The molecule has 2 aliphatic rings. The van der Waals surface area contributed by atoms with E-state index in [-0.39, 0.29) is 12.5 Å². The molecule has 0 aromatic carbocycles. The fourth-order valence-corrected chi connectivity index (χ4v) is 3.10. The van der Waals surface area contributed by atoms with Crippen molar-refractivity contribution < 1.29 is 14.7 Å². The van der Waals surface area contributed by atoms with Gasteiger partial charge in [-0.2, -0.15) is 0 Å². The third kappa shape index (κ3) is 4.76. The molecule has 1 amide bonds. The molecule has 0 radical (unpaired) electrons. The van der Waals surface area contributed by atoms with Gasteiger partial charge >= 0.3 is 5.97 Å². The van der Waals surface area contributed by atoms with Crippen LogP contribution >= 0.6 is 0 Å². The second-order valence-electron chi connectivity index (χ2n) is 5.86. The van der Waals surface area contributed by atoms with Gasteiger partial charge in [0, 0.05) is 19.6 Å². The highest BCUT2D eigenvalue weighted by Crippen LogP contribution is 2.16. The summed E-state index contributed by atoms with van der Waals surface area (Å²) in [7, 11) is 0. The first-order valence-electron chi connectivity index (χ1n) is 7.58. The van der Waals surface area contributed by atoms with Crippen molar-refractivity contribution in [2.24, 2.45) is 5.92 Å². The van der Waals surface area contributed by atoms with Crippen LogP contribution in [-0.2, 0) is 9.59 Å². The summed E-state index contributed by atoms with van der Waals surface area (Å²) in [5.74, 6) is -0.113. The van der Waals surface area contributed by atoms with E-state index in [2.05, 4.69) is 10.2 Å². The first-order chi connectivity index (χ1) is 9.65. The minimum atomic E-state index is -0.818. The number of carbonyl (C=O) groups is 2. The summed E-state index contributed by atoms with van der Waals surface area (Å²) < 4.78 is 0. The van der Waals surface area contributed by atoms with Crippen LogP contribution in [0.2, 0.25) is 0 Å². The van der Waals surface area contributed by atoms with E-state index < -0.39 is 5.97 Å². The molecule has 20 heavy (non-hydrogen) atoms. The van der Waals surface area contributed by atoms with Crippen LogP contribution in [0.3, 0.4) is 0 Å². The van der Waals surface area contributed by atoms with Crippen molar-refractivity contribution in [1.82, 2.24) is 15.1 Å². The first kappa shape index (κ1) is 15.3. The smallest absolute Gasteiger partial charge is 0.317 e. The molecule has 2 N–H and O–H groups in total. The van der Waals surface area contributed by atoms with E-state index in [9.17, 15) is 9.59 Å². The molecule has 2 aliphatic heterocycles. The molecule has 114 valence electrons. The van der Waals surface area contributed by atoms with E-state index in [1.807, 2.05) is 4.90 Å². The van der Waals surface area contributed by atoms with E-state index in [0.29, 0.717) is 12.5 Å². The number of amides is 1. The Morgan fingerprint density at radius 3 is 2.60 bits per heavy atom. The summed E-state index contributed by atoms with van der Waals surface area (Å²) >= 11 is 0. The number of likely N-dealkylation sites (tertiary alicyclic amines) is 2. The molecule has 0 aromatic rings. The lowest BCUT2D eigenvalue weighted by molar-refractivity contribution is -0.136. The number of carboxylic acid groups (broad SMARTS) is 1. The Morgan fingerprint density at radius 1 is 1.15 bits per heavy atom. The minimum Gasteiger partial charge on any atom is -0.480 e. The monoisotopic (exact) mass is 283 g/mol. The molecule has 0 aliphatic carbocycles. The van der Waals surface area contributed by atoms with Crippen LogP contribution in [0.1, 0.15) is 25.7 Å². The van der Waals surface area contributed by atoms with Gasteiger partial charge < -0.3 is 15.3 Å². The molecule has 1 atom stereocenters. The van der Waals surface area contributed by atoms with Gasteiger partial charge in [0.05, 0.1) is 13.1 Å². The number of carboxylic acids is 1. The zero-order chi connectivity index (χ0) is 14.4. The molecule has 0 bridgehead atoms. The highest BCUT2D eigenvalue weighted by Gasteiger charge is 2.24. The van der Waals surface area contributed by atoms with Crippen LogP contribution in [0, 0.1) is 5.92 Å². The van der Waals surface area contributed by atoms with Crippen LogP contribution < -0.4 is 5.32 Å². The number of hydrogen-bond donors (Lipinski definition) is 2. The number of rotatable bonds is 6. The zero-order valence-electron chi connectivity index (χ0n) is 12.0. The van der Waals surface area contributed by atoms with Crippen LogP contribution in [0.5, 0.6) is 0 Å². The summed E-state index contributed by atoms with van der Waals surface area (Å²) in [5, 5.41) is 11.6. The lowest BCUT2D eigenvalue weighted by Crippen LogP contribution is -2.45. The van der Waals surface area contributed by atoms with Gasteiger partial charge in [-0.25, -0.2) is 0 Å². The third-order valence-corrected chi connectivity index (χ3v) is 4.13. The van der Waals surface area contributed by atoms with Gasteiger partial charge in [0.15, 0.2) is 0 Å². The normalized spacial score (nSPS) is 24.0. The predicted molar refractivity (Wildman–Crippen MR) is 75.5 cm³/mol. The second-order valence-corrected chi connectivity index (χ2v) is 5.86. The van der Waals surface area contributed by atoms with Gasteiger partial charge in [0.1, 0.15) is 0 Å². The molecule has 0 spiro atoms. The van der Waals surface area contributed by atoms with Crippen molar-refractivity contribution in [3.05, 3.63) is 0 Å². The molecule has 2 heterocycles. The average molecular weight is 283 g/mol. The largest absolute Gasteiger partial charge is 0.480 e. The van der Waals surface area contributed by atoms with Gasteiger partial charge in [-0.3, -0.25) is 14.5 Å². The molecular weight excluding hydrogens is 258 g/mol. The summed E-state index contributed by atoms with van der Waals surface area (Å²) in [6, 6.07) is 0. The number of aliphatic carboxylic acids is 1. The predicted octanol–water partition coefficient (Wildman–Crippen LogP) is -0.00500. The average Bonchev–Trinajstić information content (AvgIpc) is 2.92. The SMILES string of the molecule is O=C(O)CNCC1CCCN(CC(=O)N2CCCC2)C1. The highest BCUT2D eigenvalue weighted by molar-refractivity contribution is 5.78. The maximum Gasteiger partial charge on any atom is 0.317 e. The van der Waals surface area contributed by atoms with Crippen molar-refractivity contribution in [1.29, 1.82) is 0 Å². The van der Waals surface area contributed by atoms with Gasteiger partial charge in [-0.15, -0.1) is 0 Å². The van der Waals surface area contributed by atoms with Crippen molar-refractivity contribution in [2.45, 2.75) is 25.7 Å². The molecule has 6 nitrogen and oxygen atoms in total. The van der Waals surface area contributed by atoms with Crippen molar-refractivity contribution in [3.63, 3.8) is 0 Å². The third-order valence-electron chi connectivity index (χ3n) is 4.13. The van der Waals surface area contributed by atoms with E-state index in [0.717, 1.165) is 58.4 Å². The molecule has 2 rings (SSSR count). The number of hydrogen-bond acceptors (Lipinski definition) is 4. The van der Waals surface area contributed by atoms with Gasteiger partial charge in [0.2, 0.25) is 5.91 Å².